The normalized spacial score (nSPS) is 29.2. The molecule has 2 heterocycles. The number of nitrogens with one attached hydrogen (secondary N) is 1. The molecule has 0 bridgehead atoms. The molecule has 3 fully saturated rings. The van der Waals surface area contributed by atoms with Crippen molar-refractivity contribution in [2.75, 3.05) is 18.0 Å². The molecule has 4 heteroatoms. The van der Waals surface area contributed by atoms with Crippen molar-refractivity contribution in [3.05, 3.63) is 66.2 Å². The molecule has 1 aliphatic carbocycles. The Balaban J connectivity index is 1.36. The summed E-state index contributed by atoms with van der Waals surface area (Å²) in [5.41, 5.74) is 2.23. The molecule has 2 aromatic carbocycles. The van der Waals surface area contributed by atoms with Crippen molar-refractivity contribution < 1.29 is 4.79 Å². The first kappa shape index (κ1) is 19.6. The number of hydrogen-bond acceptors (Lipinski definition) is 3. The zero-order valence-corrected chi connectivity index (χ0v) is 18.0. The third-order valence-electron chi connectivity index (χ3n) is 7.70. The average molecular weight is 404 g/mol. The van der Waals surface area contributed by atoms with Gasteiger partial charge in [-0.25, -0.2) is 0 Å². The number of likely N-dealkylation sites (tertiary alicyclic amines) is 1. The third-order valence-corrected chi connectivity index (χ3v) is 7.70. The summed E-state index contributed by atoms with van der Waals surface area (Å²) in [6.45, 7) is 4.10. The summed E-state index contributed by atoms with van der Waals surface area (Å²) in [7, 11) is 0. The summed E-state index contributed by atoms with van der Waals surface area (Å²) in [6, 6.07) is 22.1. The Morgan fingerprint density at radius 1 is 0.900 bits per heavy atom. The van der Waals surface area contributed by atoms with E-state index in [1.165, 1.54) is 31.2 Å². The van der Waals surface area contributed by atoms with Crippen LogP contribution in [-0.4, -0.2) is 41.6 Å². The standard InChI is InChI=1S/C26H33N3O/c1-20-27-25(30)26(29(20)22-12-6-3-7-13-22)16-18-28(19-17-26)24-15-9-8-14-23(24)21-10-4-2-5-11-21/h2-7,10-13,20,23-24H,8-9,14-19H2,1H3,(H,27,30). The first-order chi connectivity index (χ1) is 14.7. The van der Waals surface area contributed by atoms with Gasteiger partial charge in [0, 0.05) is 24.8 Å². The quantitative estimate of drug-likeness (QED) is 0.818. The summed E-state index contributed by atoms with van der Waals surface area (Å²) in [4.78, 5) is 18.2. The lowest BCUT2D eigenvalue weighted by Gasteiger charge is -2.48. The van der Waals surface area contributed by atoms with Gasteiger partial charge < -0.3 is 10.2 Å². The van der Waals surface area contributed by atoms with Crippen LogP contribution in [0.15, 0.2) is 60.7 Å². The molecule has 3 aliphatic rings. The minimum Gasteiger partial charge on any atom is -0.337 e. The highest BCUT2D eigenvalue weighted by molar-refractivity contribution is 5.94. The van der Waals surface area contributed by atoms with Crippen molar-refractivity contribution in [1.29, 1.82) is 0 Å². The van der Waals surface area contributed by atoms with E-state index in [1.54, 1.807) is 0 Å². The van der Waals surface area contributed by atoms with E-state index in [2.05, 4.69) is 76.6 Å². The van der Waals surface area contributed by atoms with Crippen LogP contribution in [-0.2, 0) is 4.79 Å². The summed E-state index contributed by atoms with van der Waals surface area (Å²) in [6.07, 6.45) is 7.05. The highest BCUT2D eigenvalue weighted by Gasteiger charge is 2.53. The van der Waals surface area contributed by atoms with Gasteiger partial charge in [0.1, 0.15) is 5.54 Å². The monoisotopic (exact) mass is 403 g/mol. The van der Waals surface area contributed by atoms with Gasteiger partial charge >= 0.3 is 0 Å². The maximum Gasteiger partial charge on any atom is 0.247 e. The number of para-hydroxylation sites is 1. The largest absolute Gasteiger partial charge is 0.337 e. The van der Waals surface area contributed by atoms with Gasteiger partial charge in [0.05, 0.1) is 6.17 Å². The number of carbonyl (C=O) groups is 1. The number of hydrogen-bond donors (Lipinski definition) is 1. The second-order valence-corrected chi connectivity index (χ2v) is 9.29. The van der Waals surface area contributed by atoms with Crippen LogP contribution in [0.2, 0.25) is 0 Å². The second kappa shape index (κ2) is 8.07. The van der Waals surface area contributed by atoms with Gasteiger partial charge in [-0.1, -0.05) is 61.4 Å². The van der Waals surface area contributed by atoms with Gasteiger partial charge in [0.2, 0.25) is 5.91 Å². The van der Waals surface area contributed by atoms with Gasteiger partial charge in [0.25, 0.3) is 0 Å². The van der Waals surface area contributed by atoms with E-state index in [4.69, 9.17) is 0 Å². The molecule has 3 unspecified atom stereocenters. The molecular formula is C26H33N3O. The van der Waals surface area contributed by atoms with Crippen molar-refractivity contribution in [1.82, 2.24) is 10.2 Å². The Kier molecular flexibility index (Phi) is 5.28. The van der Waals surface area contributed by atoms with Gasteiger partial charge in [-0.2, -0.15) is 0 Å². The highest BCUT2D eigenvalue weighted by Crippen LogP contribution is 2.42. The molecule has 158 valence electrons. The van der Waals surface area contributed by atoms with E-state index < -0.39 is 5.54 Å². The highest BCUT2D eigenvalue weighted by atomic mass is 16.2. The van der Waals surface area contributed by atoms with Crippen LogP contribution < -0.4 is 10.2 Å². The van der Waals surface area contributed by atoms with Crippen molar-refractivity contribution >= 4 is 11.6 Å². The molecule has 3 atom stereocenters. The van der Waals surface area contributed by atoms with E-state index in [-0.39, 0.29) is 12.1 Å². The smallest absolute Gasteiger partial charge is 0.247 e. The minimum atomic E-state index is -0.409. The molecule has 2 saturated heterocycles. The molecule has 1 amide bonds. The molecule has 1 saturated carbocycles. The Bertz CT molecular complexity index is 860. The van der Waals surface area contributed by atoms with Crippen LogP contribution in [0.5, 0.6) is 0 Å². The Labute approximate surface area is 180 Å². The molecule has 1 N–H and O–H groups in total. The minimum absolute atomic E-state index is 0.0400. The van der Waals surface area contributed by atoms with Crippen LogP contribution in [0, 0.1) is 0 Å². The molecule has 2 aromatic rings. The van der Waals surface area contributed by atoms with Gasteiger partial charge in [0.15, 0.2) is 0 Å². The first-order valence-corrected chi connectivity index (χ1v) is 11.6. The lowest BCUT2D eigenvalue weighted by Crippen LogP contribution is -2.59. The van der Waals surface area contributed by atoms with Gasteiger partial charge in [-0.05, 0) is 56.2 Å². The fourth-order valence-corrected chi connectivity index (χ4v) is 6.26. The zero-order valence-electron chi connectivity index (χ0n) is 18.0. The molecule has 0 aromatic heterocycles. The molecule has 5 rings (SSSR count). The molecule has 1 spiro atoms. The number of benzene rings is 2. The van der Waals surface area contributed by atoms with Crippen molar-refractivity contribution in [2.24, 2.45) is 0 Å². The third kappa shape index (κ3) is 3.31. The van der Waals surface area contributed by atoms with E-state index in [0.717, 1.165) is 31.6 Å². The Hall–Kier alpha value is -2.33. The average Bonchev–Trinajstić information content (AvgIpc) is 3.04. The van der Waals surface area contributed by atoms with Crippen LogP contribution in [0.25, 0.3) is 0 Å². The fraction of sp³-hybridized carbons (Fsp3) is 0.500. The maximum absolute atomic E-state index is 13.1. The van der Waals surface area contributed by atoms with Gasteiger partial charge in [-0.15, -0.1) is 0 Å². The van der Waals surface area contributed by atoms with E-state index in [9.17, 15) is 4.79 Å². The van der Waals surface area contributed by atoms with Crippen LogP contribution in [0.4, 0.5) is 5.69 Å². The molecule has 2 aliphatic heterocycles. The van der Waals surface area contributed by atoms with Crippen LogP contribution in [0.1, 0.15) is 56.9 Å². The van der Waals surface area contributed by atoms with Crippen molar-refractivity contribution in [3.63, 3.8) is 0 Å². The van der Waals surface area contributed by atoms with E-state index in [0.29, 0.717) is 12.0 Å². The zero-order chi connectivity index (χ0) is 20.6. The van der Waals surface area contributed by atoms with Crippen LogP contribution in [0.3, 0.4) is 0 Å². The van der Waals surface area contributed by atoms with E-state index in [1.807, 2.05) is 6.07 Å². The molecular weight excluding hydrogens is 370 g/mol. The first-order valence-electron chi connectivity index (χ1n) is 11.6. The Morgan fingerprint density at radius 2 is 1.53 bits per heavy atom. The topological polar surface area (TPSA) is 35.6 Å². The molecule has 30 heavy (non-hydrogen) atoms. The second-order valence-electron chi connectivity index (χ2n) is 9.29. The number of anilines is 1. The predicted molar refractivity (Wildman–Crippen MR) is 122 cm³/mol. The summed E-state index contributed by atoms with van der Waals surface area (Å²) >= 11 is 0. The predicted octanol–water partition coefficient (Wildman–Crippen LogP) is 4.53. The lowest BCUT2D eigenvalue weighted by molar-refractivity contribution is -0.125. The molecule has 0 radical (unpaired) electrons. The SMILES string of the molecule is CC1NC(=O)C2(CCN(C3CCCCC3c3ccccc3)CC2)N1c1ccccc1. The number of piperidine rings is 1. The van der Waals surface area contributed by atoms with Crippen molar-refractivity contribution in [2.45, 2.75) is 69.1 Å². The fourth-order valence-electron chi connectivity index (χ4n) is 6.26. The lowest BCUT2D eigenvalue weighted by atomic mass is 9.77. The molecule has 4 nitrogen and oxygen atoms in total. The maximum atomic E-state index is 13.1. The number of rotatable bonds is 3. The number of nitrogens with zero attached hydrogens (tertiary/aromatic N) is 2. The summed E-state index contributed by atoms with van der Waals surface area (Å²) < 4.78 is 0. The summed E-state index contributed by atoms with van der Waals surface area (Å²) in [5, 5.41) is 3.22. The number of carbonyl (C=O) groups excluding carboxylic acids is 1. The van der Waals surface area contributed by atoms with Crippen LogP contribution >= 0.6 is 0 Å². The summed E-state index contributed by atoms with van der Waals surface area (Å²) in [5.74, 6) is 0.831. The number of amides is 1. The Morgan fingerprint density at radius 3 is 2.23 bits per heavy atom. The van der Waals surface area contributed by atoms with Crippen molar-refractivity contribution in [3.8, 4) is 0 Å². The van der Waals surface area contributed by atoms with Gasteiger partial charge in [-0.3, -0.25) is 9.69 Å². The van der Waals surface area contributed by atoms with E-state index >= 15 is 0 Å².